The second-order valence-electron chi connectivity index (χ2n) is 7.43. The lowest BCUT2D eigenvalue weighted by molar-refractivity contribution is 0.383. The molecule has 4 N–H and O–H groups in total. The Morgan fingerprint density at radius 1 is 0.565 bits per heavy atom. The molecule has 0 radical (unpaired) electrons. The van der Waals surface area contributed by atoms with Gasteiger partial charge in [-0.05, 0) is 25.3 Å². The maximum absolute atomic E-state index is 5.49. The molecule has 0 bridgehead atoms. The van der Waals surface area contributed by atoms with E-state index in [2.05, 4.69) is 10.6 Å². The molecule has 0 heterocycles. The van der Waals surface area contributed by atoms with E-state index in [1.807, 2.05) is 0 Å². The molecule has 138 valence electrons. The van der Waals surface area contributed by atoms with Crippen molar-refractivity contribution in [1.29, 1.82) is 0 Å². The third-order valence-corrected chi connectivity index (χ3v) is 5.21. The summed E-state index contributed by atoms with van der Waals surface area (Å²) >= 11 is 0. The van der Waals surface area contributed by atoms with E-state index >= 15 is 0 Å². The number of hydrogen-bond acceptors (Lipinski definition) is 3. The molecule has 0 saturated heterocycles. The Morgan fingerprint density at radius 2 is 1.00 bits per heavy atom. The maximum atomic E-state index is 5.49. The van der Waals surface area contributed by atoms with E-state index in [1.165, 1.54) is 96.4 Å². The van der Waals surface area contributed by atoms with Crippen LogP contribution in [0.2, 0.25) is 0 Å². The standard InChI is InChI=1S/C20H43N3/c21-15-16-22-17-18-23-19-20-13-11-9-7-5-3-1-2-4-6-8-10-12-14-20/h20,22-23H,1-19,21H2. The third-order valence-electron chi connectivity index (χ3n) is 5.21. The Hall–Kier alpha value is -0.120. The fraction of sp³-hybridized carbons (Fsp3) is 1.00. The Labute approximate surface area is 145 Å². The predicted octanol–water partition coefficient (Wildman–Crippen LogP) is 4.22. The highest BCUT2D eigenvalue weighted by atomic mass is 14.9. The summed E-state index contributed by atoms with van der Waals surface area (Å²) in [7, 11) is 0. The van der Waals surface area contributed by atoms with Crippen molar-refractivity contribution in [2.45, 2.75) is 89.9 Å². The van der Waals surface area contributed by atoms with Crippen LogP contribution in [0.25, 0.3) is 0 Å². The average Bonchev–Trinajstić information content (AvgIpc) is 2.57. The van der Waals surface area contributed by atoms with Gasteiger partial charge in [0.15, 0.2) is 0 Å². The van der Waals surface area contributed by atoms with Crippen molar-refractivity contribution in [3.63, 3.8) is 0 Å². The molecule has 0 spiro atoms. The van der Waals surface area contributed by atoms with Gasteiger partial charge in [-0.2, -0.15) is 0 Å². The highest BCUT2D eigenvalue weighted by Gasteiger charge is 2.08. The number of nitrogens with one attached hydrogen (secondary N) is 2. The lowest BCUT2D eigenvalue weighted by Crippen LogP contribution is -2.33. The van der Waals surface area contributed by atoms with Crippen LogP contribution >= 0.6 is 0 Å². The highest BCUT2D eigenvalue weighted by Crippen LogP contribution is 2.20. The minimum absolute atomic E-state index is 0.739. The van der Waals surface area contributed by atoms with E-state index in [4.69, 9.17) is 5.73 Å². The first-order chi connectivity index (χ1) is 11.4. The van der Waals surface area contributed by atoms with E-state index in [0.717, 1.165) is 32.1 Å². The smallest absolute Gasteiger partial charge is 0.00772 e. The Bertz CT molecular complexity index is 217. The van der Waals surface area contributed by atoms with Gasteiger partial charge in [0.05, 0.1) is 0 Å². The molecule has 0 unspecified atom stereocenters. The SMILES string of the molecule is NCCNCCNCC1CCCCCCCCCCCCCC1. The number of hydrogen-bond donors (Lipinski definition) is 3. The summed E-state index contributed by atoms with van der Waals surface area (Å²) in [5.74, 6) is 0.898. The predicted molar refractivity (Wildman–Crippen MR) is 103 cm³/mol. The molecule has 1 saturated carbocycles. The van der Waals surface area contributed by atoms with Gasteiger partial charge in [-0.15, -0.1) is 0 Å². The summed E-state index contributed by atoms with van der Waals surface area (Å²) < 4.78 is 0. The molecular weight excluding hydrogens is 282 g/mol. The normalized spacial score (nSPS) is 20.7. The van der Waals surface area contributed by atoms with Crippen molar-refractivity contribution in [2.24, 2.45) is 11.7 Å². The first-order valence-corrected chi connectivity index (χ1v) is 10.5. The van der Waals surface area contributed by atoms with Gasteiger partial charge < -0.3 is 16.4 Å². The molecule has 0 aliphatic heterocycles. The van der Waals surface area contributed by atoms with E-state index in [-0.39, 0.29) is 0 Å². The van der Waals surface area contributed by atoms with Crippen molar-refractivity contribution >= 4 is 0 Å². The van der Waals surface area contributed by atoms with Crippen LogP contribution < -0.4 is 16.4 Å². The van der Waals surface area contributed by atoms with Crippen LogP contribution in [0.5, 0.6) is 0 Å². The molecule has 3 nitrogen and oxygen atoms in total. The van der Waals surface area contributed by atoms with Crippen LogP contribution in [0.1, 0.15) is 89.9 Å². The Balaban J connectivity index is 2.15. The van der Waals surface area contributed by atoms with Crippen LogP contribution in [0.3, 0.4) is 0 Å². The second-order valence-corrected chi connectivity index (χ2v) is 7.43. The van der Waals surface area contributed by atoms with Crippen LogP contribution in [0.15, 0.2) is 0 Å². The fourth-order valence-electron chi connectivity index (χ4n) is 3.69. The number of nitrogens with two attached hydrogens (primary N) is 1. The van der Waals surface area contributed by atoms with Gasteiger partial charge in [-0.3, -0.25) is 0 Å². The molecule has 0 aromatic rings. The molecule has 1 rings (SSSR count). The van der Waals surface area contributed by atoms with Crippen molar-refractivity contribution in [2.75, 3.05) is 32.7 Å². The van der Waals surface area contributed by atoms with Gasteiger partial charge in [0, 0.05) is 26.2 Å². The summed E-state index contributed by atoms with van der Waals surface area (Å²) in [4.78, 5) is 0. The van der Waals surface area contributed by atoms with Crippen LogP contribution in [0.4, 0.5) is 0 Å². The molecule has 1 aliphatic carbocycles. The third kappa shape index (κ3) is 14.0. The molecule has 0 aromatic heterocycles. The molecule has 0 amide bonds. The first kappa shape index (κ1) is 20.9. The van der Waals surface area contributed by atoms with Crippen molar-refractivity contribution in [3.05, 3.63) is 0 Å². The van der Waals surface area contributed by atoms with Crippen molar-refractivity contribution in [1.82, 2.24) is 10.6 Å². The van der Waals surface area contributed by atoms with Gasteiger partial charge >= 0.3 is 0 Å². The summed E-state index contributed by atoms with van der Waals surface area (Å²) in [5.41, 5.74) is 5.49. The summed E-state index contributed by atoms with van der Waals surface area (Å²) in [6.45, 7) is 5.01. The lowest BCUT2D eigenvalue weighted by Gasteiger charge is -2.18. The zero-order valence-electron chi connectivity index (χ0n) is 15.6. The van der Waals surface area contributed by atoms with E-state index < -0.39 is 0 Å². The molecule has 0 atom stereocenters. The number of rotatable bonds is 7. The fourth-order valence-corrected chi connectivity index (χ4v) is 3.69. The maximum Gasteiger partial charge on any atom is 0.00772 e. The molecule has 1 aliphatic rings. The monoisotopic (exact) mass is 325 g/mol. The van der Waals surface area contributed by atoms with Crippen molar-refractivity contribution in [3.8, 4) is 0 Å². The molecule has 1 fully saturated rings. The minimum atomic E-state index is 0.739. The van der Waals surface area contributed by atoms with Crippen LogP contribution in [-0.4, -0.2) is 32.7 Å². The average molecular weight is 326 g/mol. The Kier molecular flexibility index (Phi) is 15.2. The molecule has 23 heavy (non-hydrogen) atoms. The lowest BCUT2D eigenvalue weighted by atomic mass is 9.94. The quantitative estimate of drug-likeness (QED) is 0.614. The van der Waals surface area contributed by atoms with Gasteiger partial charge in [0.25, 0.3) is 0 Å². The zero-order valence-corrected chi connectivity index (χ0v) is 15.6. The van der Waals surface area contributed by atoms with E-state index in [0.29, 0.717) is 0 Å². The first-order valence-electron chi connectivity index (χ1n) is 10.5. The summed E-state index contributed by atoms with van der Waals surface area (Å²) in [5, 5.41) is 7.02. The highest BCUT2D eigenvalue weighted by molar-refractivity contribution is 4.65. The molecule has 0 aromatic carbocycles. The van der Waals surface area contributed by atoms with Gasteiger partial charge in [-0.25, -0.2) is 0 Å². The summed E-state index contributed by atoms with van der Waals surface area (Å²) in [6.07, 6.45) is 20.4. The Morgan fingerprint density at radius 3 is 1.48 bits per heavy atom. The van der Waals surface area contributed by atoms with Crippen molar-refractivity contribution < 1.29 is 0 Å². The summed E-state index contributed by atoms with van der Waals surface area (Å²) in [6, 6.07) is 0. The van der Waals surface area contributed by atoms with E-state index in [1.54, 1.807) is 0 Å². The van der Waals surface area contributed by atoms with Gasteiger partial charge in [0.1, 0.15) is 0 Å². The molecular formula is C20H43N3. The molecule has 3 heteroatoms. The van der Waals surface area contributed by atoms with E-state index in [9.17, 15) is 0 Å². The minimum Gasteiger partial charge on any atom is -0.329 e. The second kappa shape index (κ2) is 16.7. The topological polar surface area (TPSA) is 50.1 Å². The van der Waals surface area contributed by atoms with Gasteiger partial charge in [-0.1, -0.05) is 77.0 Å². The van der Waals surface area contributed by atoms with Crippen LogP contribution in [-0.2, 0) is 0 Å². The largest absolute Gasteiger partial charge is 0.329 e. The zero-order chi connectivity index (χ0) is 16.4. The van der Waals surface area contributed by atoms with Gasteiger partial charge in [0.2, 0.25) is 0 Å². The van der Waals surface area contributed by atoms with Crippen LogP contribution in [0, 0.1) is 5.92 Å².